The Bertz CT molecular complexity index is 583. The summed E-state index contributed by atoms with van der Waals surface area (Å²) in [5, 5.41) is 0. The van der Waals surface area contributed by atoms with Gasteiger partial charge in [-0.3, -0.25) is 0 Å². The van der Waals surface area contributed by atoms with E-state index in [-0.39, 0.29) is 0 Å². The summed E-state index contributed by atoms with van der Waals surface area (Å²) in [6, 6.07) is 8.98. The van der Waals surface area contributed by atoms with Crippen molar-refractivity contribution in [3.05, 3.63) is 53.6 Å². The summed E-state index contributed by atoms with van der Waals surface area (Å²) in [5.74, 6) is 0. The summed E-state index contributed by atoms with van der Waals surface area (Å²) in [6.07, 6.45) is 9.32. The highest BCUT2D eigenvalue weighted by Crippen LogP contribution is 2.68. The largest absolute Gasteiger partial charge is 0.361 e. The van der Waals surface area contributed by atoms with Gasteiger partial charge in [-0.05, 0) is 24.5 Å². The molecule has 1 fully saturated rings. The van der Waals surface area contributed by atoms with Crippen LogP contribution in [0.1, 0.15) is 37.8 Å². The van der Waals surface area contributed by atoms with Gasteiger partial charge >= 0.3 is 0 Å². The van der Waals surface area contributed by atoms with Gasteiger partial charge in [0, 0.05) is 23.2 Å². The van der Waals surface area contributed by atoms with Gasteiger partial charge in [-0.25, -0.2) is 0 Å². The smallest absolute Gasteiger partial charge is 0.0507 e. The van der Waals surface area contributed by atoms with Gasteiger partial charge in [-0.15, -0.1) is 0 Å². The molecule has 1 aliphatic carbocycles. The second-order valence-corrected chi connectivity index (χ2v) is 6.03. The Morgan fingerprint density at radius 1 is 1.28 bits per heavy atom. The van der Waals surface area contributed by atoms with Gasteiger partial charge in [0.1, 0.15) is 0 Å². The van der Waals surface area contributed by atoms with Crippen LogP contribution in [-0.2, 0) is 5.41 Å². The maximum absolute atomic E-state index is 2.65. The van der Waals surface area contributed by atoms with E-state index in [2.05, 4.69) is 61.2 Å². The van der Waals surface area contributed by atoms with E-state index in [9.17, 15) is 0 Å². The number of fused-ring (bicyclic) bond motifs is 6. The van der Waals surface area contributed by atoms with Gasteiger partial charge in [-0.1, -0.05) is 50.3 Å². The van der Waals surface area contributed by atoms with Crippen molar-refractivity contribution in [1.82, 2.24) is 4.90 Å². The van der Waals surface area contributed by atoms with Crippen LogP contribution in [0.5, 0.6) is 0 Å². The minimum Gasteiger partial charge on any atom is -0.361 e. The first-order valence-electron chi connectivity index (χ1n) is 6.97. The molecular formula is C17H19N. The fourth-order valence-corrected chi connectivity index (χ4v) is 4.33. The molecule has 0 amide bonds. The molecule has 2 aliphatic heterocycles. The van der Waals surface area contributed by atoms with Gasteiger partial charge in [0.15, 0.2) is 0 Å². The fraction of sp³-hybridized carbons (Fsp3) is 0.412. The predicted octanol–water partition coefficient (Wildman–Crippen LogP) is 3.72. The van der Waals surface area contributed by atoms with E-state index in [1.165, 1.54) is 24.1 Å². The summed E-state index contributed by atoms with van der Waals surface area (Å²) in [4.78, 5) is 2.65. The molecule has 2 atom stereocenters. The van der Waals surface area contributed by atoms with Gasteiger partial charge in [0.25, 0.3) is 0 Å². The van der Waals surface area contributed by atoms with Crippen LogP contribution in [-0.4, -0.2) is 17.0 Å². The van der Waals surface area contributed by atoms with Crippen molar-refractivity contribution >= 4 is 5.70 Å². The Balaban J connectivity index is 2.01. The zero-order valence-electron chi connectivity index (χ0n) is 11.1. The summed E-state index contributed by atoms with van der Waals surface area (Å²) >= 11 is 0. The van der Waals surface area contributed by atoms with Crippen molar-refractivity contribution in [2.24, 2.45) is 0 Å². The third-order valence-electron chi connectivity index (χ3n) is 5.42. The zero-order chi connectivity index (χ0) is 12.4. The van der Waals surface area contributed by atoms with Crippen LogP contribution >= 0.6 is 0 Å². The quantitative estimate of drug-likeness (QED) is 0.719. The first kappa shape index (κ1) is 10.4. The molecule has 2 unspecified atom stereocenters. The lowest BCUT2D eigenvalue weighted by Crippen LogP contribution is -2.45. The Hall–Kier alpha value is -1.50. The van der Waals surface area contributed by atoms with Gasteiger partial charge in [0.2, 0.25) is 0 Å². The number of allylic oxidation sites excluding steroid dienone is 2. The Morgan fingerprint density at radius 2 is 2.11 bits per heavy atom. The minimum atomic E-state index is 0.362. The molecule has 18 heavy (non-hydrogen) atoms. The van der Waals surface area contributed by atoms with E-state index in [1.807, 2.05) is 0 Å². The van der Waals surface area contributed by atoms with E-state index in [0.29, 0.717) is 11.0 Å². The monoisotopic (exact) mass is 237 g/mol. The van der Waals surface area contributed by atoms with Crippen molar-refractivity contribution in [1.29, 1.82) is 0 Å². The molecule has 0 spiro atoms. The summed E-state index contributed by atoms with van der Waals surface area (Å²) in [7, 11) is 0. The van der Waals surface area contributed by atoms with Crippen LogP contribution in [0.3, 0.4) is 0 Å². The molecule has 92 valence electrons. The maximum Gasteiger partial charge on any atom is 0.0507 e. The van der Waals surface area contributed by atoms with E-state index >= 15 is 0 Å². The maximum atomic E-state index is 2.65. The first-order chi connectivity index (χ1) is 8.73. The normalized spacial score (nSPS) is 35.4. The molecule has 1 heteroatoms. The third kappa shape index (κ3) is 0.959. The third-order valence-corrected chi connectivity index (χ3v) is 5.42. The Morgan fingerprint density at radius 3 is 2.94 bits per heavy atom. The lowest BCUT2D eigenvalue weighted by atomic mass is 9.81. The second-order valence-electron chi connectivity index (χ2n) is 6.03. The number of rotatable bonds is 1. The van der Waals surface area contributed by atoms with Gasteiger partial charge in [-0.2, -0.15) is 0 Å². The average molecular weight is 237 g/mol. The highest BCUT2D eigenvalue weighted by Gasteiger charge is 2.69. The van der Waals surface area contributed by atoms with Crippen LogP contribution in [0.2, 0.25) is 0 Å². The SMILES string of the molecule is CCC12CC1(C)c1ccccc1C1=CC=CCN12. The molecule has 3 aliphatic rings. The second kappa shape index (κ2) is 3.09. The summed E-state index contributed by atoms with van der Waals surface area (Å²) in [6.45, 7) is 5.86. The predicted molar refractivity (Wildman–Crippen MR) is 75.3 cm³/mol. The molecule has 2 heterocycles. The lowest BCUT2D eigenvalue weighted by Gasteiger charge is -2.44. The number of nitrogens with zero attached hydrogens (tertiary/aromatic N) is 1. The van der Waals surface area contributed by atoms with E-state index in [4.69, 9.17) is 0 Å². The standard InChI is InChI=1S/C17H19N/c1-3-17-12-16(17,2)14-9-5-4-8-13(14)15-10-6-7-11-18(15)17/h4-10H,3,11-12H2,1-2H3. The van der Waals surface area contributed by atoms with E-state index < -0.39 is 0 Å². The van der Waals surface area contributed by atoms with Crippen molar-refractivity contribution in [2.45, 2.75) is 37.6 Å². The highest BCUT2D eigenvalue weighted by molar-refractivity contribution is 5.77. The van der Waals surface area contributed by atoms with Crippen LogP contribution in [0.4, 0.5) is 0 Å². The van der Waals surface area contributed by atoms with Gasteiger partial charge < -0.3 is 4.90 Å². The van der Waals surface area contributed by atoms with E-state index in [1.54, 1.807) is 5.56 Å². The molecule has 1 nitrogen and oxygen atoms in total. The van der Waals surface area contributed by atoms with Crippen LogP contribution in [0.15, 0.2) is 42.5 Å². The fourth-order valence-electron chi connectivity index (χ4n) is 4.33. The molecular weight excluding hydrogens is 218 g/mol. The van der Waals surface area contributed by atoms with Crippen LogP contribution in [0.25, 0.3) is 5.70 Å². The summed E-state index contributed by atoms with van der Waals surface area (Å²) < 4.78 is 0. The number of benzene rings is 1. The van der Waals surface area contributed by atoms with Gasteiger partial charge in [0.05, 0.1) is 5.54 Å². The molecule has 1 aromatic rings. The molecule has 1 saturated carbocycles. The molecule has 0 saturated heterocycles. The Labute approximate surface area is 109 Å². The lowest BCUT2D eigenvalue weighted by molar-refractivity contribution is 0.245. The topological polar surface area (TPSA) is 3.24 Å². The molecule has 0 radical (unpaired) electrons. The molecule has 4 rings (SSSR count). The molecule has 0 aromatic heterocycles. The number of hydrogen-bond acceptors (Lipinski definition) is 1. The zero-order valence-corrected chi connectivity index (χ0v) is 11.1. The van der Waals surface area contributed by atoms with Crippen molar-refractivity contribution in [2.75, 3.05) is 6.54 Å². The van der Waals surface area contributed by atoms with Crippen LogP contribution < -0.4 is 0 Å². The summed E-state index contributed by atoms with van der Waals surface area (Å²) in [5.41, 5.74) is 5.18. The van der Waals surface area contributed by atoms with Crippen LogP contribution in [0, 0.1) is 0 Å². The first-order valence-corrected chi connectivity index (χ1v) is 6.97. The van der Waals surface area contributed by atoms with Crippen molar-refractivity contribution in [3.8, 4) is 0 Å². The molecule has 0 N–H and O–H groups in total. The van der Waals surface area contributed by atoms with Crippen molar-refractivity contribution in [3.63, 3.8) is 0 Å². The van der Waals surface area contributed by atoms with Crippen molar-refractivity contribution < 1.29 is 0 Å². The average Bonchev–Trinajstić information content (AvgIpc) is 3.08. The molecule has 1 aromatic carbocycles. The number of hydrogen-bond donors (Lipinski definition) is 0. The highest BCUT2D eigenvalue weighted by atomic mass is 15.3. The van der Waals surface area contributed by atoms with E-state index in [0.717, 1.165) is 6.54 Å². The minimum absolute atomic E-state index is 0.362. The Kier molecular flexibility index (Phi) is 1.79. The molecule has 0 bridgehead atoms.